The van der Waals surface area contributed by atoms with E-state index in [0.29, 0.717) is 17.3 Å². The fraction of sp³-hybridized carbons (Fsp3) is 0.333. The second-order valence-electron chi connectivity index (χ2n) is 5.41. The van der Waals surface area contributed by atoms with E-state index in [2.05, 4.69) is 25.7 Å². The van der Waals surface area contributed by atoms with E-state index < -0.39 is 0 Å². The number of fused-ring (bicyclic) bond motifs is 3. The molecule has 1 atom stereocenters. The molecule has 0 saturated carbocycles. The van der Waals surface area contributed by atoms with Gasteiger partial charge in [-0.05, 0) is 18.2 Å². The summed E-state index contributed by atoms with van der Waals surface area (Å²) in [6.07, 6.45) is 0. The molecular formula is C15H18ClN5O. The summed E-state index contributed by atoms with van der Waals surface area (Å²) < 4.78 is 0. The molecule has 1 saturated heterocycles. The van der Waals surface area contributed by atoms with Gasteiger partial charge in [0, 0.05) is 31.7 Å². The normalized spacial score (nSPS) is 19.5. The average Bonchev–Trinajstić information content (AvgIpc) is 2.55. The van der Waals surface area contributed by atoms with Crippen LogP contribution >= 0.6 is 12.4 Å². The Labute approximate surface area is 135 Å². The first-order valence-corrected chi connectivity index (χ1v) is 7.20. The summed E-state index contributed by atoms with van der Waals surface area (Å²) in [5.74, 6) is 1.06. The van der Waals surface area contributed by atoms with Crippen molar-refractivity contribution in [3.8, 4) is 17.0 Å². The minimum absolute atomic E-state index is 0. The van der Waals surface area contributed by atoms with Crippen LogP contribution in [0.2, 0.25) is 0 Å². The number of nitrogens with zero attached hydrogens (tertiary/aromatic N) is 3. The van der Waals surface area contributed by atoms with E-state index in [9.17, 15) is 5.11 Å². The van der Waals surface area contributed by atoms with E-state index >= 15 is 0 Å². The van der Waals surface area contributed by atoms with Crippen molar-refractivity contribution in [3.63, 3.8) is 0 Å². The van der Waals surface area contributed by atoms with Gasteiger partial charge in [-0.25, -0.2) is 0 Å². The molecule has 1 unspecified atom stereocenters. The van der Waals surface area contributed by atoms with Gasteiger partial charge in [0.1, 0.15) is 5.75 Å². The summed E-state index contributed by atoms with van der Waals surface area (Å²) in [6.45, 7) is 3.79. The number of benzene rings is 1. The van der Waals surface area contributed by atoms with Crippen molar-refractivity contribution in [2.75, 3.05) is 36.4 Å². The summed E-state index contributed by atoms with van der Waals surface area (Å²) in [5.41, 5.74) is 2.49. The summed E-state index contributed by atoms with van der Waals surface area (Å²) in [6, 6.07) is 9.68. The van der Waals surface area contributed by atoms with Crippen molar-refractivity contribution < 1.29 is 5.11 Å². The monoisotopic (exact) mass is 319 g/mol. The van der Waals surface area contributed by atoms with Gasteiger partial charge < -0.3 is 20.6 Å². The standard InChI is InChI=1S/C15H17N5O.ClH/c21-14-4-2-1-3-11(14)12-7-13-15(19-18-12)17-9-10-8-16-5-6-20(10)13;/h1-4,7,10,16,21H,5-6,8-9H2,(H,17,19);1H. The largest absolute Gasteiger partial charge is 0.507 e. The Morgan fingerprint density at radius 2 is 2.05 bits per heavy atom. The van der Waals surface area contributed by atoms with E-state index in [0.717, 1.165) is 37.7 Å². The third kappa shape index (κ3) is 2.44. The van der Waals surface area contributed by atoms with Crippen molar-refractivity contribution in [1.29, 1.82) is 0 Å². The molecule has 3 heterocycles. The van der Waals surface area contributed by atoms with Crippen LogP contribution in [0.3, 0.4) is 0 Å². The maximum Gasteiger partial charge on any atom is 0.172 e. The number of piperazine rings is 1. The Kier molecular flexibility index (Phi) is 4.04. The van der Waals surface area contributed by atoms with Crippen molar-refractivity contribution in [3.05, 3.63) is 30.3 Å². The topological polar surface area (TPSA) is 73.3 Å². The van der Waals surface area contributed by atoms with E-state index in [1.165, 1.54) is 0 Å². The van der Waals surface area contributed by atoms with Crippen LogP contribution < -0.4 is 15.5 Å². The summed E-state index contributed by atoms with van der Waals surface area (Å²) in [4.78, 5) is 2.38. The van der Waals surface area contributed by atoms with Gasteiger partial charge in [0.15, 0.2) is 5.82 Å². The third-order valence-electron chi connectivity index (χ3n) is 4.12. The number of nitrogens with one attached hydrogen (secondary N) is 2. The van der Waals surface area contributed by atoms with Gasteiger partial charge in [0.2, 0.25) is 0 Å². The molecule has 116 valence electrons. The van der Waals surface area contributed by atoms with Crippen LogP contribution in [0.1, 0.15) is 0 Å². The Morgan fingerprint density at radius 3 is 2.91 bits per heavy atom. The van der Waals surface area contributed by atoms with Crippen LogP contribution in [0.25, 0.3) is 11.3 Å². The van der Waals surface area contributed by atoms with Gasteiger partial charge in [-0.2, -0.15) is 0 Å². The predicted molar refractivity (Wildman–Crippen MR) is 88.9 cm³/mol. The van der Waals surface area contributed by atoms with E-state index in [4.69, 9.17) is 0 Å². The summed E-state index contributed by atoms with van der Waals surface area (Å²) in [5, 5.41) is 25.3. The molecule has 0 radical (unpaired) electrons. The zero-order valence-electron chi connectivity index (χ0n) is 12.0. The minimum Gasteiger partial charge on any atom is -0.507 e. The second-order valence-corrected chi connectivity index (χ2v) is 5.41. The molecule has 1 aromatic heterocycles. The Balaban J connectivity index is 0.00000144. The number of aromatic hydroxyl groups is 1. The Hall–Kier alpha value is -2.05. The van der Waals surface area contributed by atoms with Gasteiger partial charge in [0.25, 0.3) is 0 Å². The fourth-order valence-electron chi connectivity index (χ4n) is 3.02. The highest BCUT2D eigenvalue weighted by atomic mass is 35.5. The Bertz CT molecular complexity index is 681. The fourth-order valence-corrected chi connectivity index (χ4v) is 3.02. The summed E-state index contributed by atoms with van der Waals surface area (Å²) in [7, 11) is 0. The zero-order valence-corrected chi connectivity index (χ0v) is 12.8. The van der Waals surface area contributed by atoms with E-state index in [1.54, 1.807) is 12.1 Å². The van der Waals surface area contributed by atoms with Gasteiger partial charge in [-0.1, -0.05) is 12.1 Å². The number of phenols is 1. The van der Waals surface area contributed by atoms with Gasteiger partial charge in [0.05, 0.1) is 17.4 Å². The van der Waals surface area contributed by atoms with Crippen LogP contribution in [0.4, 0.5) is 11.5 Å². The zero-order chi connectivity index (χ0) is 14.2. The Morgan fingerprint density at radius 1 is 1.18 bits per heavy atom. The lowest BCUT2D eigenvalue weighted by atomic mass is 10.1. The molecular weight excluding hydrogens is 302 g/mol. The van der Waals surface area contributed by atoms with Crippen LogP contribution in [-0.2, 0) is 0 Å². The molecule has 3 N–H and O–H groups in total. The molecule has 0 aliphatic carbocycles. The number of halogens is 1. The van der Waals surface area contributed by atoms with Crippen LogP contribution in [0.5, 0.6) is 5.75 Å². The van der Waals surface area contributed by atoms with Gasteiger partial charge >= 0.3 is 0 Å². The minimum atomic E-state index is 0. The van der Waals surface area contributed by atoms with Crippen LogP contribution in [0.15, 0.2) is 30.3 Å². The summed E-state index contributed by atoms with van der Waals surface area (Å²) >= 11 is 0. The van der Waals surface area contributed by atoms with Crippen LogP contribution in [0, 0.1) is 0 Å². The highest BCUT2D eigenvalue weighted by molar-refractivity contribution is 5.85. The molecule has 22 heavy (non-hydrogen) atoms. The molecule has 0 spiro atoms. The number of rotatable bonds is 1. The molecule has 2 aliphatic heterocycles. The van der Waals surface area contributed by atoms with Gasteiger partial charge in [-0.15, -0.1) is 22.6 Å². The highest BCUT2D eigenvalue weighted by Gasteiger charge is 2.29. The first-order chi connectivity index (χ1) is 10.3. The van der Waals surface area contributed by atoms with Gasteiger partial charge in [-0.3, -0.25) is 0 Å². The molecule has 2 aromatic rings. The smallest absolute Gasteiger partial charge is 0.172 e. The average molecular weight is 320 g/mol. The quantitative estimate of drug-likeness (QED) is 0.739. The van der Waals surface area contributed by atoms with Crippen molar-refractivity contribution >= 4 is 23.9 Å². The lowest BCUT2D eigenvalue weighted by Gasteiger charge is -2.42. The number of aromatic nitrogens is 2. The molecule has 7 heteroatoms. The molecule has 1 fully saturated rings. The predicted octanol–water partition coefficient (Wildman–Crippen LogP) is 1.47. The van der Waals surface area contributed by atoms with Crippen molar-refractivity contribution in [1.82, 2.24) is 15.5 Å². The first kappa shape index (κ1) is 14.9. The lowest BCUT2D eigenvalue weighted by Crippen LogP contribution is -2.56. The van der Waals surface area contributed by atoms with E-state index in [1.807, 2.05) is 18.2 Å². The maximum atomic E-state index is 9.99. The number of anilines is 2. The molecule has 2 aliphatic rings. The number of hydrogen-bond donors (Lipinski definition) is 3. The third-order valence-corrected chi connectivity index (χ3v) is 4.12. The second kappa shape index (κ2) is 5.98. The number of hydrogen-bond acceptors (Lipinski definition) is 6. The molecule has 0 amide bonds. The molecule has 4 rings (SSSR count). The van der Waals surface area contributed by atoms with E-state index in [-0.39, 0.29) is 18.2 Å². The lowest BCUT2D eigenvalue weighted by molar-refractivity contribution is 0.476. The van der Waals surface area contributed by atoms with Crippen molar-refractivity contribution in [2.45, 2.75) is 6.04 Å². The number of para-hydroxylation sites is 1. The van der Waals surface area contributed by atoms with Crippen molar-refractivity contribution in [2.24, 2.45) is 0 Å². The molecule has 1 aromatic carbocycles. The maximum absolute atomic E-state index is 9.99. The number of phenolic OH excluding ortho intramolecular Hbond substituents is 1. The SMILES string of the molecule is Cl.Oc1ccccc1-c1cc2c(nn1)NCC1CNCCN21. The van der Waals surface area contributed by atoms with Crippen LogP contribution in [-0.4, -0.2) is 47.5 Å². The highest BCUT2D eigenvalue weighted by Crippen LogP contribution is 2.35. The molecule has 6 nitrogen and oxygen atoms in total. The molecule has 0 bridgehead atoms. The first-order valence-electron chi connectivity index (χ1n) is 7.20.